The highest BCUT2D eigenvalue weighted by atomic mass is 16.4. The summed E-state index contributed by atoms with van der Waals surface area (Å²) < 4.78 is 0. The molecule has 1 saturated carbocycles. The van der Waals surface area contributed by atoms with Gasteiger partial charge < -0.3 is 15.7 Å². The zero-order chi connectivity index (χ0) is 19.4. The lowest BCUT2D eigenvalue weighted by atomic mass is 9.94. The third-order valence-electron chi connectivity index (χ3n) is 4.68. The van der Waals surface area contributed by atoms with Crippen LogP contribution in [0.25, 0.3) is 0 Å². The molecule has 0 heterocycles. The molecule has 0 aromatic heterocycles. The number of rotatable bonds is 7. The standard InChI is InChI=1S/C21H22N2O4/c1-13(21(26)27)18(14-6-3-2-4-7-14)23-20(25)16-8-5-9-17(12-16)22-19(24)15-10-11-15/h2-9,12-13,15,18H,10-11H2,1H3,(H,22,24)(H,23,25)(H,26,27). The van der Waals surface area contributed by atoms with Crippen molar-refractivity contribution in [2.24, 2.45) is 11.8 Å². The first-order valence-electron chi connectivity index (χ1n) is 8.95. The van der Waals surface area contributed by atoms with E-state index in [1.54, 1.807) is 55.5 Å². The summed E-state index contributed by atoms with van der Waals surface area (Å²) >= 11 is 0. The molecule has 1 fully saturated rings. The van der Waals surface area contributed by atoms with Gasteiger partial charge in [0.2, 0.25) is 5.91 Å². The Morgan fingerprint density at radius 1 is 1.04 bits per heavy atom. The second kappa shape index (κ2) is 8.03. The van der Waals surface area contributed by atoms with Gasteiger partial charge in [-0.2, -0.15) is 0 Å². The Hall–Kier alpha value is -3.15. The summed E-state index contributed by atoms with van der Waals surface area (Å²) in [6.45, 7) is 1.56. The fourth-order valence-corrected chi connectivity index (χ4v) is 2.85. The Bertz CT molecular complexity index is 846. The first-order valence-corrected chi connectivity index (χ1v) is 8.95. The number of benzene rings is 2. The molecule has 3 N–H and O–H groups in total. The van der Waals surface area contributed by atoms with Crippen LogP contribution >= 0.6 is 0 Å². The minimum atomic E-state index is -0.991. The van der Waals surface area contributed by atoms with Gasteiger partial charge in [0.05, 0.1) is 12.0 Å². The minimum Gasteiger partial charge on any atom is -0.481 e. The second-order valence-electron chi connectivity index (χ2n) is 6.83. The first-order chi connectivity index (χ1) is 13.0. The van der Waals surface area contributed by atoms with Crippen molar-refractivity contribution in [1.29, 1.82) is 0 Å². The average molecular weight is 366 g/mol. The number of hydrogen-bond donors (Lipinski definition) is 3. The number of nitrogens with one attached hydrogen (secondary N) is 2. The predicted molar refractivity (Wildman–Crippen MR) is 101 cm³/mol. The monoisotopic (exact) mass is 366 g/mol. The Morgan fingerprint density at radius 3 is 2.37 bits per heavy atom. The predicted octanol–water partition coefficient (Wildman–Crippen LogP) is 3.23. The molecule has 1 aliphatic rings. The summed E-state index contributed by atoms with van der Waals surface area (Å²) in [4.78, 5) is 36.1. The van der Waals surface area contributed by atoms with Crippen LogP contribution in [0.2, 0.25) is 0 Å². The van der Waals surface area contributed by atoms with E-state index in [4.69, 9.17) is 0 Å². The van der Waals surface area contributed by atoms with Crippen molar-refractivity contribution in [3.63, 3.8) is 0 Å². The normalized spacial score (nSPS) is 15.4. The fraction of sp³-hybridized carbons (Fsp3) is 0.286. The van der Waals surface area contributed by atoms with Gasteiger partial charge in [-0.3, -0.25) is 14.4 Å². The third-order valence-corrected chi connectivity index (χ3v) is 4.68. The van der Waals surface area contributed by atoms with Gasteiger partial charge in [-0.25, -0.2) is 0 Å². The molecular formula is C21H22N2O4. The fourth-order valence-electron chi connectivity index (χ4n) is 2.85. The van der Waals surface area contributed by atoms with Crippen molar-refractivity contribution in [2.75, 3.05) is 5.32 Å². The smallest absolute Gasteiger partial charge is 0.308 e. The molecule has 1 aliphatic carbocycles. The molecule has 27 heavy (non-hydrogen) atoms. The number of amides is 2. The maximum Gasteiger partial charge on any atom is 0.308 e. The lowest BCUT2D eigenvalue weighted by Gasteiger charge is -2.23. The van der Waals surface area contributed by atoms with Gasteiger partial charge in [0.25, 0.3) is 5.91 Å². The van der Waals surface area contributed by atoms with Gasteiger partial charge >= 0.3 is 5.97 Å². The van der Waals surface area contributed by atoms with Gasteiger partial charge in [0.15, 0.2) is 0 Å². The Morgan fingerprint density at radius 2 is 1.74 bits per heavy atom. The van der Waals surface area contributed by atoms with E-state index in [2.05, 4.69) is 10.6 Å². The van der Waals surface area contributed by atoms with E-state index < -0.39 is 17.9 Å². The molecular weight excluding hydrogens is 344 g/mol. The van der Waals surface area contributed by atoms with E-state index in [0.29, 0.717) is 11.3 Å². The number of aliphatic carboxylic acids is 1. The van der Waals surface area contributed by atoms with Crippen LogP contribution in [-0.2, 0) is 9.59 Å². The zero-order valence-electron chi connectivity index (χ0n) is 15.0. The van der Waals surface area contributed by atoms with Crippen LogP contribution in [0.1, 0.15) is 41.7 Å². The number of hydrogen-bond acceptors (Lipinski definition) is 3. The molecule has 0 aliphatic heterocycles. The Kier molecular flexibility index (Phi) is 5.54. The van der Waals surface area contributed by atoms with Gasteiger partial charge in [0, 0.05) is 17.2 Å². The van der Waals surface area contributed by atoms with Crippen molar-refractivity contribution < 1.29 is 19.5 Å². The van der Waals surface area contributed by atoms with Gasteiger partial charge in [-0.05, 0) is 43.5 Å². The van der Waals surface area contributed by atoms with Crippen LogP contribution in [0.4, 0.5) is 5.69 Å². The van der Waals surface area contributed by atoms with Gasteiger partial charge in [-0.1, -0.05) is 36.4 Å². The minimum absolute atomic E-state index is 0.0331. The lowest BCUT2D eigenvalue weighted by Crippen LogP contribution is -2.35. The van der Waals surface area contributed by atoms with Gasteiger partial charge in [-0.15, -0.1) is 0 Å². The average Bonchev–Trinajstić information content (AvgIpc) is 3.51. The largest absolute Gasteiger partial charge is 0.481 e. The molecule has 0 saturated heterocycles. The van der Waals surface area contributed by atoms with Crippen LogP contribution in [0.5, 0.6) is 0 Å². The van der Waals surface area contributed by atoms with Crippen LogP contribution in [0.3, 0.4) is 0 Å². The van der Waals surface area contributed by atoms with Crippen molar-refractivity contribution in [3.8, 4) is 0 Å². The zero-order valence-corrected chi connectivity index (χ0v) is 15.0. The molecule has 6 heteroatoms. The Labute approximate surface area is 157 Å². The quantitative estimate of drug-likeness (QED) is 0.701. The van der Waals surface area contributed by atoms with Crippen LogP contribution in [0.15, 0.2) is 54.6 Å². The van der Waals surface area contributed by atoms with E-state index in [-0.39, 0.29) is 17.7 Å². The van der Waals surface area contributed by atoms with Crippen molar-refractivity contribution in [1.82, 2.24) is 5.32 Å². The molecule has 6 nitrogen and oxygen atoms in total. The van der Waals surface area contributed by atoms with Crippen LogP contribution in [0, 0.1) is 11.8 Å². The van der Waals surface area contributed by atoms with E-state index in [9.17, 15) is 19.5 Å². The first kappa shape index (κ1) is 18.6. The summed E-state index contributed by atoms with van der Waals surface area (Å²) in [5, 5.41) is 15.0. The number of carbonyl (C=O) groups is 3. The number of carboxylic acid groups (broad SMARTS) is 1. The van der Waals surface area contributed by atoms with Crippen molar-refractivity contribution >= 4 is 23.5 Å². The number of anilines is 1. The van der Waals surface area contributed by atoms with Crippen molar-refractivity contribution in [2.45, 2.75) is 25.8 Å². The molecule has 2 amide bonds. The SMILES string of the molecule is CC(C(=O)O)C(NC(=O)c1cccc(NC(=O)C2CC2)c1)c1ccccc1. The van der Waals surface area contributed by atoms with E-state index in [1.165, 1.54) is 0 Å². The van der Waals surface area contributed by atoms with E-state index in [1.807, 2.05) is 6.07 Å². The van der Waals surface area contributed by atoms with Crippen molar-refractivity contribution in [3.05, 3.63) is 65.7 Å². The topological polar surface area (TPSA) is 95.5 Å². The molecule has 2 aromatic rings. The number of carbonyl (C=O) groups excluding carboxylic acids is 2. The number of carboxylic acids is 1. The van der Waals surface area contributed by atoms with Crippen LogP contribution < -0.4 is 10.6 Å². The summed E-state index contributed by atoms with van der Waals surface area (Å²) in [6.07, 6.45) is 1.80. The molecule has 2 aromatic carbocycles. The summed E-state index contributed by atoms with van der Waals surface area (Å²) in [6, 6.07) is 15.0. The molecule has 140 valence electrons. The third kappa shape index (κ3) is 4.73. The summed E-state index contributed by atoms with van der Waals surface area (Å²) in [7, 11) is 0. The Balaban J connectivity index is 1.77. The van der Waals surface area contributed by atoms with E-state index in [0.717, 1.165) is 18.4 Å². The maximum absolute atomic E-state index is 12.7. The molecule has 0 radical (unpaired) electrons. The molecule has 0 spiro atoms. The molecule has 0 bridgehead atoms. The second-order valence-corrected chi connectivity index (χ2v) is 6.83. The van der Waals surface area contributed by atoms with Gasteiger partial charge in [0.1, 0.15) is 0 Å². The molecule has 2 unspecified atom stereocenters. The highest BCUT2D eigenvalue weighted by molar-refractivity contribution is 5.98. The molecule has 2 atom stereocenters. The van der Waals surface area contributed by atoms with Crippen LogP contribution in [-0.4, -0.2) is 22.9 Å². The molecule has 3 rings (SSSR count). The highest BCUT2D eigenvalue weighted by Crippen LogP contribution is 2.30. The summed E-state index contributed by atoms with van der Waals surface area (Å²) in [5.41, 5.74) is 1.64. The summed E-state index contributed by atoms with van der Waals surface area (Å²) in [5.74, 6) is -2.14. The van der Waals surface area contributed by atoms with E-state index >= 15 is 0 Å². The lowest BCUT2D eigenvalue weighted by molar-refractivity contribution is -0.142. The maximum atomic E-state index is 12.7. The highest BCUT2D eigenvalue weighted by Gasteiger charge is 2.30.